The second kappa shape index (κ2) is 19.3. The molecule has 0 bridgehead atoms. The van der Waals surface area contributed by atoms with Gasteiger partial charge in [0.05, 0.1) is 22.7 Å². The fourth-order valence-corrected chi connectivity index (χ4v) is 10.3. The molecular formula is C64H38F8N4. The molecule has 0 aliphatic heterocycles. The van der Waals surface area contributed by atoms with E-state index in [0.717, 1.165) is 48.5 Å². The van der Waals surface area contributed by atoms with Crippen molar-refractivity contribution in [2.24, 2.45) is 0 Å². The molecule has 12 aromatic rings. The highest BCUT2D eigenvalue weighted by atomic mass is 19.2. The van der Waals surface area contributed by atoms with Gasteiger partial charge in [-0.3, -0.25) is 0 Å². The van der Waals surface area contributed by atoms with Crippen LogP contribution in [0.1, 0.15) is 0 Å². The van der Waals surface area contributed by atoms with E-state index in [1.807, 2.05) is 0 Å². The lowest BCUT2D eigenvalue weighted by molar-refractivity contribution is 0.585. The lowest BCUT2D eigenvalue weighted by Gasteiger charge is -2.34. The zero-order valence-electron chi connectivity index (χ0n) is 39.8. The molecule has 370 valence electrons. The largest absolute Gasteiger partial charge is 0.305 e. The van der Waals surface area contributed by atoms with Crippen LogP contribution < -0.4 is 19.6 Å². The normalized spacial score (nSPS) is 11.4. The van der Waals surface area contributed by atoms with Crippen molar-refractivity contribution in [3.05, 3.63) is 277 Å². The molecule has 0 aliphatic carbocycles. The summed E-state index contributed by atoms with van der Waals surface area (Å²) in [6.07, 6.45) is 0. The third-order valence-corrected chi connectivity index (χ3v) is 13.5. The Labute approximate surface area is 430 Å². The van der Waals surface area contributed by atoms with Crippen LogP contribution in [0.5, 0.6) is 0 Å². The Balaban J connectivity index is 1.33. The number of benzene rings is 12. The van der Waals surface area contributed by atoms with Gasteiger partial charge >= 0.3 is 0 Å². The Kier molecular flexibility index (Phi) is 12.0. The summed E-state index contributed by atoms with van der Waals surface area (Å²) in [6.45, 7) is 0. The van der Waals surface area contributed by atoms with Crippen LogP contribution in [0.15, 0.2) is 231 Å². The number of nitrogens with zero attached hydrogens (tertiary/aromatic N) is 4. The van der Waals surface area contributed by atoms with Crippen molar-refractivity contribution in [3.63, 3.8) is 0 Å². The molecular weight excluding hydrogens is 977 g/mol. The fourth-order valence-electron chi connectivity index (χ4n) is 10.3. The topological polar surface area (TPSA) is 13.0 Å². The summed E-state index contributed by atoms with van der Waals surface area (Å²) in [5.74, 6) is -7.47. The maximum absolute atomic E-state index is 16.7. The number of para-hydroxylation sites is 8. The zero-order valence-corrected chi connectivity index (χ0v) is 39.8. The van der Waals surface area contributed by atoms with Gasteiger partial charge in [0.25, 0.3) is 0 Å². The van der Waals surface area contributed by atoms with Gasteiger partial charge in [-0.25, -0.2) is 35.1 Å². The highest BCUT2D eigenvalue weighted by Crippen LogP contribution is 2.56. The van der Waals surface area contributed by atoms with Gasteiger partial charge < -0.3 is 19.6 Å². The molecule has 0 fully saturated rings. The molecule has 4 nitrogen and oxygen atoms in total. The second-order valence-electron chi connectivity index (χ2n) is 17.9. The van der Waals surface area contributed by atoms with Gasteiger partial charge in [0.1, 0.15) is 69.3 Å². The Morgan fingerprint density at radius 3 is 0.566 bits per heavy atom. The van der Waals surface area contributed by atoms with Crippen molar-refractivity contribution in [2.45, 2.75) is 0 Å². The quantitative estimate of drug-likeness (QED) is 0.0893. The molecule has 0 spiro atoms. The van der Waals surface area contributed by atoms with Gasteiger partial charge in [-0.1, -0.05) is 121 Å². The number of halogens is 8. The van der Waals surface area contributed by atoms with Crippen LogP contribution in [0.3, 0.4) is 0 Å². The molecule has 12 rings (SSSR count). The van der Waals surface area contributed by atoms with Crippen LogP contribution in [0, 0.1) is 46.5 Å². The first-order valence-corrected chi connectivity index (χ1v) is 24.0. The predicted octanol–water partition coefficient (Wildman–Crippen LogP) is 19.6. The van der Waals surface area contributed by atoms with Crippen molar-refractivity contribution in [3.8, 4) is 0 Å². The standard InChI is InChI=1S/C64H38F8N4/c65-47-25-13-26-48(66)61(47)73(39-17-5-1-6-18-39)55-37-56(74(40-19-7-2-8-20-40)62-49(67)27-14-28-50(62)68)44-35-36-46-58(76(42-23-11-4-12-24-42)64-53(71)31-16-32-54(64)72)38-57(45-34-33-43(55)59(44)60(45)46)75(41-21-9-3-10-22-41)63-51(69)29-15-30-52(63)70/h1-38H. The summed E-state index contributed by atoms with van der Waals surface area (Å²) in [5, 5.41) is 2.07. The van der Waals surface area contributed by atoms with Crippen LogP contribution in [0.4, 0.5) is 103 Å². The first-order valence-electron chi connectivity index (χ1n) is 24.0. The molecule has 0 unspecified atom stereocenters. The fraction of sp³-hybridized carbons (Fsp3) is 0. The minimum absolute atomic E-state index is 0.136. The zero-order chi connectivity index (χ0) is 52.2. The molecule has 0 N–H and O–H groups in total. The van der Waals surface area contributed by atoms with Gasteiger partial charge in [-0.15, -0.1) is 0 Å². The van der Waals surface area contributed by atoms with Gasteiger partial charge in [-0.05, 0) is 109 Å². The van der Waals surface area contributed by atoms with E-state index in [9.17, 15) is 0 Å². The van der Waals surface area contributed by atoms with Crippen molar-refractivity contribution in [1.82, 2.24) is 0 Å². The van der Waals surface area contributed by atoms with Crippen LogP contribution in [-0.2, 0) is 0 Å². The van der Waals surface area contributed by atoms with Crippen molar-refractivity contribution < 1.29 is 35.1 Å². The van der Waals surface area contributed by atoms with E-state index in [4.69, 9.17) is 0 Å². The van der Waals surface area contributed by atoms with E-state index < -0.39 is 69.3 Å². The third-order valence-electron chi connectivity index (χ3n) is 13.5. The Morgan fingerprint density at radius 2 is 0.382 bits per heavy atom. The van der Waals surface area contributed by atoms with Gasteiger partial charge in [0.15, 0.2) is 0 Å². The lowest BCUT2D eigenvalue weighted by atomic mass is 9.89. The minimum Gasteiger partial charge on any atom is -0.305 e. The molecule has 0 heterocycles. The molecule has 0 saturated heterocycles. The van der Waals surface area contributed by atoms with Crippen LogP contribution in [0.25, 0.3) is 32.3 Å². The monoisotopic (exact) mass is 1010 g/mol. The SMILES string of the molecule is Fc1cccc(F)c1N(c1ccccc1)c1cc(N(c2ccccc2)c2c(F)cccc2F)c2ccc3c(N(c4ccccc4)c4c(F)cccc4F)cc(N(c4ccccc4)c4c(F)cccc4F)c4ccc1c2c43. The van der Waals surface area contributed by atoms with Crippen molar-refractivity contribution >= 4 is 101 Å². The van der Waals surface area contributed by atoms with E-state index in [2.05, 4.69) is 0 Å². The summed E-state index contributed by atoms with van der Waals surface area (Å²) < 4.78 is 134. The molecule has 76 heavy (non-hydrogen) atoms. The van der Waals surface area contributed by atoms with E-state index in [1.54, 1.807) is 158 Å². The van der Waals surface area contributed by atoms with Gasteiger partial charge in [-0.2, -0.15) is 0 Å². The highest BCUT2D eigenvalue weighted by molar-refractivity contribution is 6.33. The average molecular weight is 1020 g/mol. The number of rotatable bonds is 12. The Morgan fingerprint density at radius 1 is 0.197 bits per heavy atom. The first-order chi connectivity index (χ1) is 37.1. The van der Waals surface area contributed by atoms with Crippen molar-refractivity contribution in [2.75, 3.05) is 19.6 Å². The average Bonchev–Trinajstić information content (AvgIpc) is 3.59. The minimum atomic E-state index is -0.934. The van der Waals surface area contributed by atoms with Gasteiger partial charge in [0, 0.05) is 55.1 Å². The summed E-state index contributed by atoms with van der Waals surface area (Å²) in [4.78, 5) is 5.55. The number of anilines is 12. The van der Waals surface area contributed by atoms with E-state index >= 15 is 35.1 Å². The molecule has 0 aliphatic rings. The predicted molar refractivity (Wildman–Crippen MR) is 289 cm³/mol. The Hall–Kier alpha value is -9.68. The summed E-state index contributed by atoms with van der Waals surface area (Å²) >= 11 is 0. The van der Waals surface area contributed by atoms with Crippen LogP contribution >= 0.6 is 0 Å². The molecule has 0 saturated carbocycles. The molecule has 12 aromatic carbocycles. The van der Waals surface area contributed by atoms with Crippen molar-refractivity contribution in [1.29, 1.82) is 0 Å². The van der Waals surface area contributed by atoms with Crippen LogP contribution in [0.2, 0.25) is 0 Å². The molecule has 0 aromatic heterocycles. The third kappa shape index (κ3) is 7.93. The summed E-state index contributed by atoms with van der Waals surface area (Å²) in [5.41, 5.74) is -0.168. The molecule has 0 amide bonds. The molecule has 12 heteroatoms. The van der Waals surface area contributed by atoms with E-state index in [1.165, 1.54) is 43.9 Å². The maximum atomic E-state index is 16.7. The maximum Gasteiger partial charge on any atom is 0.150 e. The van der Waals surface area contributed by atoms with E-state index in [0.29, 0.717) is 55.1 Å². The number of hydrogen-bond donors (Lipinski definition) is 0. The highest BCUT2D eigenvalue weighted by Gasteiger charge is 2.33. The van der Waals surface area contributed by atoms with Crippen LogP contribution in [-0.4, -0.2) is 0 Å². The smallest absolute Gasteiger partial charge is 0.150 e. The van der Waals surface area contributed by atoms with E-state index in [-0.39, 0.29) is 22.7 Å². The molecule has 0 radical (unpaired) electrons. The van der Waals surface area contributed by atoms with Gasteiger partial charge in [0.2, 0.25) is 0 Å². The lowest BCUT2D eigenvalue weighted by Crippen LogP contribution is -2.18. The molecule has 0 atom stereocenters. The summed E-state index contributed by atoms with van der Waals surface area (Å²) in [6, 6.07) is 57.8. The Bertz CT molecular complexity index is 3520. The first kappa shape index (κ1) is 47.3. The second-order valence-corrected chi connectivity index (χ2v) is 17.9. The number of hydrogen-bond acceptors (Lipinski definition) is 4. The summed E-state index contributed by atoms with van der Waals surface area (Å²) in [7, 11) is 0.